The van der Waals surface area contributed by atoms with E-state index in [-0.39, 0.29) is 30.1 Å². The van der Waals surface area contributed by atoms with Crippen molar-refractivity contribution < 1.29 is 23.5 Å². The molecule has 0 aliphatic carbocycles. The summed E-state index contributed by atoms with van der Waals surface area (Å²) in [5.74, 6) is -0.453. The number of nitrogens with one attached hydrogen (secondary N) is 1. The van der Waals surface area contributed by atoms with Gasteiger partial charge in [-0.05, 0) is 37.1 Å². The van der Waals surface area contributed by atoms with Gasteiger partial charge in [0, 0.05) is 13.1 Å². The van der Waals surface area contributed by atoms with E-state index < -0.39 is 5.82 Å². The van der Waals surface area contributed by atoms with Gasteiger partial charge >= 0.3 is 6.03 Å². The SMILES string of the molecule is CC(=O)c1cc(F)ccc1OCC1CN(C(=O)NCCc2ccccc2)CCO1. The predicted octanol–water partition coefficient (Wildman–Crippen LogP) is 3.06. The quantitative estimate of drug-likeness (QED) is 0.726. The molecule has 1 heterocycles. The standard InChI is InChI=1S/C22H25FN2O4/c1-16(26)20-13-18(23)7-8-21(20)29-15-19-14-25(11-12-28-19)22(27)24-10-9-17-5-3-2-4-6-17/h2-8,13,19H,9-12,14-15H2,1H3,(H,24,27). The average molecular weight is 400 g/mol. The van der Waals surface area contributed by atoms with Crippen molar-refractivity contribution in [2.75, 3.05) is 32.8 Å². The molecule has 1 fully saturated rings. The lowest BCUT2D eigenvalue weighted by Gasteiger charge is -2.33. The summed E-state index contributed by atoms with van der Waals surface area (Å²) < 4.78 is 24.7. The Hall–Kier alpha value is -2.93. The minimum atomic E-state index is -0.491. The fourth-order valence-electron chi connectivity index (χ4n) is 3.16. The largest absolute Gasteiger partial charge is 0.490 e. The van der Waals surface area contributed by atoms with E-state index in [0.29, 0.717) is 32.0 Å². The van der Waals surface area contributed by atoms with Gasteiger partial charge in [-0.2, -0.15) is 0 Å². The zero-order valence-electron chi connectivity index (χ0n) is 16.4. The molecule has 0 aromatic heterocycles. The third kappa shape index (κ3) is 6.02. The topological polar surface area (TPSA) is 67.9 Å². The molecule has 7 heteroatoms. The summed E-state index contributed by atoms with van der Waals surface area (Å²) in [5.41, 5.74) is 1.36. The van der Waals surface area contributed by atoms with Gasteiger partial charge in [-0.1, -0.05) is 30.3 Å². The number of rotatable bonds is 7. The highest BCUT2D eigenvalue weighted by Crippen LogP contribution is 2.21. The molecular weight excluding hydrogens is 375 g/mol. The first kappa shape index (κ1) is 20.8. The third-order valence-electron chi connectivity index (χ3n) is 4.70. The van der Waals surface area contributed by atoms with Crippen molar-refractivity contribution >= 4 is 11.8 Å². The maximum Gasteiger partial charge on any atom is 0.317 e. The van der Waals surface area contributed by atoms with E-state index in [1.807, 2.05) is 30.3 Å². The lowest BCUT2D eigenvalue weighted by atomic mass is 10.1. The predicted molar refractivity (Wildman–Crippen MR) is 107 cm³/mol. The van der Waals surface area contributed by atoms with Gasteiger partial charge in [0.05, 0.1) is 18.7 Å². The fraction of sp³-hybridized carbons (Fsp3) is 0.364. The summed E-state index contributed by atoms with van der Waals surface area (Å²) in [6, 6.07) is 13.7. The number of hydrogen-bond acceptors (Lipinski definition) is 4. The van der Waals surface area contributed by atoms with Crippen molar-refractivity contribution in [2.45, 2.75) is 19.4 Å². The number of halogens is 1. The van der Waals surface area contributed by atoms with Gasteiger partial charge in [0.1, 0.15) is 24.3 Å². The third-order valence-corrected chi connectivity index (χ3v) is 4.70. The van der Waals surface area contributed by atoms with Crippen molar-refractivity contribution in [3.05, 3.63) is 65.5 Å². The highest BCUT2D eigenvalue weighted by atomic mass is 19.1. The molecule has 2 aromatic rings. The first-order chi connectivity index (χ1) is 14.0. The molecule has 2 amide bonds. The van der Waals surface area contributed by atoms with E-state index in [1.54, 1.807) is 4.90 Å². The number of Topliss-reactive ketones (excluding diaryl/α,β-unsaturated/α-hetero) is 1. The van der Waals surface area contributed by atoms with Crippen molar-refractivity contribution in [1.82, 2.24) is 10.2 Å². The molecule has 0 saturated carbocycles. The molecule has 154 valence electrons. The number of morpholine rings is 1. The molecule has 1 N–H and O–H groups in total. The summed E-state index contributed by atoms with van der Waals surface area (Å²) >= 11 is 0. The summed E-state index contributed by atoms with van der Waals surface area (Å²) in [4.78, 5) is 25.8. The second kappa shape index (κ2) is 10.0. The lowest BCUT2D eigenvalue weighted by molar-refractivity contribution is -0.0352. The average Bonchev–Trinajstić information content (AvgIpc) is 2.73. The number of nitrogens with zero attached hydrogens (tertiary/aromatic N) is 1. The Labute approximate surface area is 169 Å². The van der Waals surface area contributed by atoms with Gasteiger partial charge in [-0.15, -0.1) is 0 Å². The number of amides is 2. The van der Waals surface area contributed by atoms with Gasteiger partial charge in [0.15, 0.2) is 5.78 Å². The van der Waals surface area contributed by atoms with Crippen LogP contribution in [0.1, 0.15) is 22.8 Å². The van der Waals surface area contributed by atoms with Crippen LogP contribution >= 0.6 is 0 Å². The van der Waals surface area contributed by atoms with Crippen LogP contribution in [0, 0.1) is 5.82 Å². The molecule has 1 aliphatic rings. The van der Waals surface area contributed by atoms with Crippen LogP contribution < -0.4 is 10.1 Å². The number of hydrogen-bond donors (Lipinski definition) is 1. The van der Waals surface area contributed by atoms with E-state index in [1.165, 1.54) is 24.6 Å². The molecule has 29 heavy (non-hydrogen) atoms. The van der Waals surface area contributed by atoms with Crippen molar-refractivity contribution in [3.63, 3.8) is 0 Å². The Balaban J connectivity index is 1.48. The summed E-state index contributed by atoms with van der Waals surface area (Å²) in [5, 5.41) is 2.93. The van der Waals surface area contributed by atoms with E-state index in [2.05, 4.69) is 5.32 Å². The van der Waals surface area contributed by atoms with Gasteiger partial charge < -0.3 is 19.7 Å². The molecule has 1 unspecified atom stereocenters. The first-order valence-electron chi connectivity index (χ1n) is 9.64. The Bertz CT molecular complexity index is 844. The Morgan fingerprint density at radius 2 is 2.03 bits per heavy atom. The molecule has 0 spiro atoms. The van der Waals surface area contributed by atoms with E-state index in [4.69, 9.17) is 9.47 Å². The monoisotopic (exact) mass is 400 g/mol. The minimum absolute atomic E-state index is 0.138. The second-order valence-corrected chi connectivity index (χ2v) is 6.91. The molecule has 1 atom stereocenters. The number of carbonyl (C=O) groups is 2. The molecule has 0 bridgehead atoms. The van der Waals surface area contributed by atoms with Crippen LogP contribution in [-0.2, 0) is 11.2 Å². The number of carbonyl (C=O) groups excluding carboxylic acids is 2. The normalized spacial score (nSPS) is 16.3. The number of urea groups is 1. The maximum atomic E-state index is 13.4. The van der Waals surface area contributed by atoms with Crippen LogP contribution in [0.25, 0.3) is 0 Å². The Kier molecular flexibility index (Phi) is 7.19. The van der Waals surface area contributed by atoms with Crippen molar-refractivity contribution in [1.29, 1.82) is 0 Å². The highest BCUT2D eigenvalue weighted by molar-refractivity contribution is 5.96. The van der Waals surface area contributed by atoms with Gasteiger partial charge in [-0.25, -0.2) is 9.18 Å². The molecule has 3 rings (SSSR count). The molecular formula is C22H25FN2O4. The minimum Gasteiger partial charge on any atom is -0.490 e. The first-order valence-corrected chi connectivity index (χ1v) is 9.64. The molecule has 2 aromatic carbocycles. The molecule has 1 aliphatic heterocycles. The van der Waals surface area contributed by atoms with Crippen LogP contribution in [0.2, 0.25) is 0 Å². The molecule has 0 radical (unpaired) electrons. The lowest BCUT2D eigenvalue weighted by Crippen LogP contribution is -2.51. The van der Waals surface area contributed by atoms with Gasteiger partial charge in [-0.3, -0.25) is 4.79 Å². The van der Waals surface area contributed by atoms with Gasteiger partial charge in [0.25, 0.3) is 0 Å². The number of ether oxygens (including phenoxy) is 2. The van der Waals surface area contributed by atoms with Crippen molar-refractivity contribution in [3.8, 4) is 5.75 Å². The van der Waals surface area contributed by atoms with Gasteiger partial charge in [0.2, 0.25) is 0 Å². The summed E-state index contributed by atoms with van der Waals surface area (Å²) in [6.45, 7) is 3.37. The summed E-state index contributed by atoms with van der Waals surface area (Å²) in [6.07, 6.45) is 0.440. The second-order valence-electron chi connectivity index (χ2n) is 6.91. The van der Waals surface area contributed by atoms with E-state index in [0.717, 1.165) is 12.5 Å². The van der Waals surface area contributed by atoms with Crippen LogP contribution in [0.3, 0.4) is 0 Å². The zero-order valence-corrected chi connectivity index (χ0v) is 16.4. The van der Waals surface area contributed by atoms with E-state index >= 15 is 0 Å². The smallest absolute Gasteiger partial charge is 0.317 e. The maximum absolute atomic E-state index is 13.4. The molecule has 1 saturated heterocycles. The van der Waals surface area contributed by atoms with Crippen molar-refractivity contribution in [2.24, 2.45) is 0 Å². The Morgan fingerprint density at radius 3 is 2.79 bits per heavy atom. The van der Waals surface area contributed by atoms with Crippen LogP contribution in [0.5, 0.6) is 5.75 Å². The zero-order chi connectivity index (χ0) is 20.6. The number of benzene rings is 2. The molecule has 6 nitrogen and oxygen atoms in total. The highest BCUT2D eigenvalue weighted by Gasteiger charge is 2.25. The fourth-order valence-corrected chi connectivity index (χ4v) is 3.16. The van der Waals surface area contributed by atoms with Crippen LogP contribution in [0.15, 0.2) is 48.5 Å². The van der Waals surface area contributed by atoms with E-state index in [9.17, 15) is 14.0 Å². The Morgan fingerprint density at radius 1 is 1.24 bits per heavy atom. The van der Waals surface area contributed by atoms with Crippen LogP contribution in [0.4, 0.5) is 9.18 Å². The van der Waals surface area contributed by atoms with Crippen LogP contribution in [-0.4, -0.2) is 55.7 Å². The number of ketones is 1. The summed E-state index contributed by atoms with van der Waals surface area (Å²) in [7, 11) is 0.